The lowest BCUT2D eigenvalue weighted by Crippen LogP contribution is -2.09. The van der Waals surface area contributed by atoms with Crippen LogP contribution in [0.1, 0.15) is 0 Å². The van der Waals surface area contributed by atoms with Crippen molar-refractivity contribution in [1.29, 1.82) is 0 Å². The van der Waals surface area contributed by atoms with Crippen molar-refractivity contribution < 1.29 is 0 Å². The molecule has 3 rings (SSSR count). The van der Waals surface area contributed by atoms with Gasteiger partial charge in [-0.2, -0.15) is 0 Å². The topological polar surface area (TPSA) is 3.24 Å². The van der Waals surface area contributed by atoms with Crippen molar-refractivity contribution in [3.63, 3.8) is 0 Å². The fourth-order valence-electron chi connectivity index (χ4n) is 2.22. The van der Waals surface area contributed by atoms with Crippen LogP contribution in [0.5, 0.6) is 0 Å². The molecule has 4 heteroatoms. The van der Waals surface area contributed by atoms with Crippen LogP contribution in [0.4, 0.5) is 17.1 Å². The van der Waals surface area contributed by atoms with E-state index in [0.717, 1.165) is 17.1 Å². The van der Waals surface area contributed by atoms with Crippen LogP contribution in [0.25, 0.3) is 0 Å². The summed E-state index contributed by atoms with van der Waals surface area (Å²) in [5.41, 5.74) is 3.03. The van der Waals surface area contributed by atoms with E-state index in [0.29, 0.717) is 15.1 Å². The van der Waals surface area contributed by atoms with E-state index in [4.69, 9.17) is 34.8 Å². The summed E-state index contributed by atoms with van der Waals surface area (Å²) in [6.07, 6.45) is 0. The first kappa shape index (κ1) is 15.2. The van der Waals surface area contributed by atoms with Crippen molar-refractivity contribution in [2.24, 2.45) is 0 Å². The fraction of sp³-hybridized carbons (Fsp3) is 0. The zero-order valence-electron chi connectivity index (χ0n) is 11.5. The van der Waals surface area contributed by atoms with Crippen molar-refractivity contribution in [1.82, 2.24) is 0 Å². The molecule has 3 aromatic rings. The lowest BCUT2D eigenvalue weighted by atomic mass is 10.2. The Hall–Kier alpha value is -1.67. The highest BCUT2D eigenvalue weighted by atomic mass is 35.5. The number of hydrogen-bond acceptors (Lipinski definition) is 1. The molecule has 0 saturated heterocycles. The second-order valence-corrected chi connectivity index (χ2v) is 6.07. The third kappa shape index (κ3) is 3.38. The normalized spacial score (nSPS) is 10.5. The molecule has 110 valence electrons. The Balaban J connectivity index is 2.10. The molecule has 0 aromatic heterocycles. The van der Waals surface area contributed by atoms with Gasteiger partial charge in [-0.3, -0.25) is 0 Å². The molecule has 3 aromatic carbocycles. The van der Waals surface area contributed by atoms with Crippen molar-refractivity contribution in [2.45, 2.75) is 0 Å². The minimum Gasteiger partial charge on any atom is -0.311 e. The Morgan fingerprint density at radius 2 is 0.636 bits per heavy atom. The third-order valence-corrected chi connectivity index (χ3v) is 4.01. The zero-order valence-corrected chi connectivity index (χ0v) is 13.8. The van der Waals surface area contributed by atoms with Crippen LogP contribution in [0.2, 0.25) is 15.1 Å². The van der Waals surface area contributed by atoms with E-state index in [-0.39, 0.29) is 0 Å². The largest absolute Gasteiger partial charge is 0.311 e. The zero-order chi connectivity index (χ0) is 15.5. The van der Waals surface area contributed by atoms with E-state index in [2.05, 4.69) is 4.90 Å². The van der Waals surface area contributed by atoms with Gasteiger partial charge in [0.05, 0.1) is 0 Å². The summed E-state index contributed by atoms with van der Waals surface area (Å²) in [7, 11) is 0. The number of nitrogens with zero attached hydrogens (tertiary/aromatic N) is 1. The first-order valence-corrected chi connectivity index (χ1v) is 7.84. The van der Waals surface area contributed by atoms with E-state index in [1.165, 1.54) is 0 Å². The smallest absolute Gasteiger partial charge is 0.0462 e. The highest BCUT2D eigenvalue weighted by Crippen LogP contribution is 2.35. The lowest BCUT2D eigenvalue weighted by Gasteiger charge is -2.25. The predicted octanol–water partition coefficient (Wildman–Crippen LogP) is 7.12. The maximum absolute atomic E-state index is 6.00. The van der Waals surface area contributed by atoms with Gasteiger partial charge >= 0.3 is 0 Å². The molecule has 0 spiro atoms. The van der Waals surface area contributed by atoms with Crippen LogP contribution in [0.3, 0.4) is 0 Å². The van der Waals surface area contributed by atoms with Gasteiger partial charge in [0.15, 0.2) is 0 Å². The second-order valence-electron chi connectivity index (χ2n) is 4.76. The molecule has 0 aliphatic rings. The summed E-state index contributed by atoms with van der Waals surface area (Å²) in [5.74, 6) is 0. The maximum Gasteiger partial charge on any atom is 0.0462 e. The number of benzene rings is 3. The molecule has 0 heterocycles. The SMILES string of the molecule is Clc1ccc(N(c2ccc(Cl)cc2)c2ccc(Cl)cc2)cc1. The molecule has 22 heavy (non-hydrogen) atoms. The van der Waals surface area contributed by atoms with Gasteiger partial charge in [0, 0.05) is 32.1 Å². The number of hydrogen-bond donors (Lipinski definition) is 0. The Morgan fingerprint density at radius 1 is 0.409 bits per heavy atom. The Bertz CT molecular complexity index is 642. The quantitative estimate of drug-likeness (QED) is 0.487. The number of halogens is 3. The molecular formula is C18H12Cl3N. The minimum absolute atomic E-state index is 0.705. The molecule has 1 nitrogen and oxygen atoms in total. The molecule has 0 N–H and O–H groups in total. The highest BCUT2D eigenvalue weighted by molar-refractivity contribution is 6.31. The van der Waals surface area contributed by atoms with Gasteiger partial charge in [0.25, 0.3) is 0 Å². The summed E-state index contributed by atoms with van der Waals surface area (Å²) in [4.78, 5) is 2.11. The molecule has 0 saturated carbocycles. The lowest BCUT2D eigenvalue weighted by molar-refractivity contribution is 1.28. The molecule has 0 atom stereocenters. The minimum atomic E-state index is 0.705. The standard InChI is InChI=1S/C18H12Cl3N/c19-13-1-7-16(8-2-13)22(17-9-3-14(20)4-10-17)18-11-5-15(21)6-12-18/h1-12H. The van der Waals surface area contributed by atoms with E-state index < -0.39 is 0 Å². The van der Waals surface area contributed by atoms with Crippen molar-refractivity contribution in [2.75, 3.05) is 4.90 Å². The van der Waals surface area contributed by atoms with Crippen LogP contribution in [0.15, 0.2) is 72.8 Å². The molecule has 0 fully saturated rings. The Morgan fingerprint density at radius 3 is 0.864 bits per heavy atom. The molecule has 0 aliphatic heterocycles. The van der Waals surface area contributed by atoms with Gasteiger partial charge in [-0.25, -0.2) is 0 Å². The summed E-state index contributed by atoms with van der Waals surface area (Å²) in [6, 6.07) is 23.1. The van der Waals surface area contributed by atoms with Gasteiger partial charge < -0.3 is 4.90 Å². The van der Waals surface area contributed by atoms with E-state index >= 15 is 0 Å². The van der Waals surface area contributed by atoms with Crippen molar-refractivity contribution >= 4 is 51.9 Å². The summed E-state index contributed by atoms with van der Waals surface area (Å²) in [6.45, 7) is 0. The summed E-state index contributed by atoms with van der Waals surface area (Å²) >= 11 is 18.0. The average Bonchev–Trinajstić information content (AvgIpc) is 2.53. The molecule has 0 radical (unpaired) electrons. The summed E-state index contributed by atoms with van der Waals surface area (Å²) in [5, 5.41) is 2.11. The first-order valence-electron chi connectivity index (χ1n) is 6.70. The van der Waals surface area contributed by atoms with Gasteiger partial charge in [0.1, 0.15) is 0 Å². The van der Waals surface area contributed by atoms with Crippen LogP contribution in [0, 0.1) is 0 Å². The monoisotopic (exact) mass is 347 g/mol. The first-order chi connectivity index (χ1) is 10.6. The molecular weight excluding hydrogens is 337 g/mol. The van der Waals surface area contributed by atoms with E-state index in [1.54, 1.807) is 0 Å². The average molecular weight is 349 g/mol. The molecule has 0 bridgehead atoms. The van der Waals surface area contributed by atoms with Gasteiger partial charge in [-0.15, -0.1) is 0 Å². The molecule has 0 amide bonds. The van der Waals surface area contributed by atoms with Crippen molar-refractivity contribution in [3.05, 3.63) is 87.9 Å². The van der Waals surface area contributed by atoms with E-state index in [9.17, 15) is 0 Å². The van der Waals surface area contributed by atoms with Crippen LogP contribution < -0.4 is 4.90 Å². The van der Waals surface area contributed by atoms with Gasteiger partial charge in [-0.1, -0.05) is 34.8 Å². The molecule has 0 aliphatic carbocycles. The summed E-state index contributed by atoms with van der Waals surface area (Å²) < 4.78 is 0. The van der Waals surface area contributed by atoms with E-state index in [1.807, 2.05) is 72.8 Å². The maximum atomic E-state index is 6.00. The third-order valence-electron chi connectivity index (χ3n) is 3.25. The number of anilines is 3. The predicted molar refractivity (Wildman–Crippen MR) is 96.2 cm³/mol. The van der Waals surface area contributed by atoms with Gasteiger partial charge in [-0.05, 0) is 72.8 Å². The van der Waals surface area contributed by atoms with Gasteiger partial charge in [0.2, 0.25) is 0 Å². The highest BCUT2D eigenvalue weighted by Gasteiger charge is 2.12. The fourth-order valence-corrected chi connectivity index (χ4v) is 2.60. The van der Waals surface area contributed by atoms with Crippen LogP contribution in [-0.4, -0.2) is 0 Å². The Labute approximate surface area is 144 Å². The Kier molecular flexibility index (Phi) is 4.58. The second kappa shape index (κ2) is 6.62. The van der Waals surface area contributed by atoms with Crippen molar-refractivity contribution in [3.8, 4) is 0 Å². The van der Waals surface area contributed by atoms with Crippen LogP contribution in [-0.2, 0) is 0 Å². The number of rotatable bonds is 3. The van der Waals surface area contributed by atoms with Crippen LogP contribution >= 0.6 is 34.8 Å². The molecule has 0 unspecified atom stereocenters.